The fourth-order valence-electron chi connectivity index (χ4n) is 1.63. The minimum absolute atomic E-state index is 0.0257. The molecule has 2 N–H and O–H groups in total. The van der Waals surface area contributed by atoms with Crippen LogP contribution >= 0.6 is 0 Å². The first-order chi connectivity index (χ1) is 9.72. The van der Waals surface area contributed by atoms with E-state index in [1.165, 1.54) is 0 Å². The van der Waals surface area contributed by atoms with Gasteiger partial charge in [-0.3, -0.25) is 0 Å². The third kappa shape index (κ3) is 3.68. The molecule has 5 heteroatoms. The molecule has 106 valence electrons. The molecule has 0 aliphatic carbocycles. The van der Waals surface area contributed by atoms with Crippen LogP contribution in [0.2, 0.25) is 0 Å². The number of hydrogen-bond acceptors (Lipinski definition) is 5. The monoisotopic (exact) mass is 273 g/mol. The van der Waals surface area contributed by atoms with E-state index in [2.05, 4.69) is 22.2 Å². The van der Waals surface area contributed by atoms with Gasteiger partial charge >= 0.3 is 0 Å². The quantitative estimate of drug-likeness (QED) is 0.847. The summed E-state index contributed by atoms with van der Waals surface area (Å²) in [4.78, 5) is 8.56. The van der Waals surface area contributed by atoms with Gasteiger partial charge in [0.25, 0.3) is 0 Å². The van der Waals surface area contributed by atoms with Gasteiger partial charge in [-0.2, -0.15) is 4.98 Å². The van der Waals surface area contributed by atoms with E-state index >= 15 is 0 Å². The molecular formula is C15H19N3O2. The lowest BCUT2D eigenvalue weighted by Gasteiger charge is -2.10. The van der Waals surface area contributed by atoms with Gasteiger partial charge in [-0.15, -0.1) is 0 Å². The second kappa shape index (κ2) is 6.86. The maximum atomic E-state index is 9.01. The molecule has 0 aliphatic heterocycles. The SMILES string of the molecule is CCCNc1ncc(C)c(Oc2ccc(CO)cc2)n1. The van der Waals surface area contributed by atoms with E-state index in [0.717, 1.165) is 24.1 Å². The van der Waals surface area contributed by atoms with Gasteiger partial charge < -0.3 is 15.2 Å². The van der Waals surface area contributed by atoms with Crippen molar-refractivity contribution in [3.05, 3.63) is 41.6 Å². The summed E-state index contributed by atoms with van der Waals surface area (Å²) in [5, 5.41) is 12.1. The lowest BCUT2D eigenvalue weighted by molar-refractivity contribution is 0.281. The van der Waals surface area contributed by atoms with Crippen LogP contribution in [0.25, 0.3) is 0 Å². The second-order valence-corrected chi connectivity index (χ2v) is 4.51. The van der Waals surface area contributed by atoms with E-state index in [0.29, 0.717) is 17.6 Å². The predicted octanol–water partition coefficient (Wildman–Crippen LogP) is 2.89. The summed E-state index contributed by atoms with van der Waals surface area (Å²) in [6, 6.07) is 7.27. The van der Waals surface area contributed by atoms with Crippen molar-refractivity contribution in [1.29, 1.82) is 0 Å². The highest BCUT2D eigenvalue weighted by molar-refractivity contribution is 5.36. The van der Waals surface area contributed by atoms with Gasteiger partial charge in [-0.25, -0.2) is 4.98 Å². The summed E-state index contributed by atoms with van der Waals surface area (Å²) < 4.78 is 5.76. The molecule has 0 fully saturated rings. The maximum absolute atomic E-state index is 9.01. The number of ether oxygens (including phenoxy) is 1. The van der Waals surface area contributed by atoms with E-state index in [9.17, 15) is 0 Å². The van der Waals surface area contributed by atoms with Crippen molar-refractivity contribution < 1.29 is 9.84 Å². The standard InChI is InChI=1S/C15H19N3O2/c1-3-8-16-15-17-9-11(2)14(18-15)20-13-6-4-12(10-19)5-7-13/h4-7,9,19H,3,8,10H2,1-2H3,(H,16,17,18). The van der Waals surface area contributed by atoms with Crippen molar-refractivity contribution in [3.63, 3.8) is 0 Å². The fourth-order valence-corrected chi connectivity index (χ4v) is 1.63. The van der Waals surface area contributed by atoms with Crippen LogP contribution in [0.4, 0.5) is 5.95 Å². The molecule has 2 aromatic rings. The average Bonchev–Trinajstić information content (AvgIpc) is 2.49. The summed E-state index contributed by atoms with van der Waals surface area (Å²) in [5.74, 6) is 1.79. The third-order valence-corrected chi connectivity index (χ3v) is 2.78. The van der Waals surface area contributed by atoms with Crippen molar-refractivity contribution in [1.82, 2.24) is 9.97 Å². The van der Waals surface area contributed by atoms with Gasteiger partial charge in [-0.1, -0.05) is 19.1 Å². The van der Waals surface area contributed by atoms with Crippen LogP contribution in [-0.4, -0.2) is 21.6 Å². The van der Waals surface area contributed by atoms with Crippen LogP contribution in [-0.2, 0) is 6.61 Å². The Morgan fingerprint density at radius 2 is 2.00 bits per heavy atom. The van der Waals surface area contributed by atoms with Crippen molar-refractivity contribution in [2.45, 2.75) is 26.9 Å². The first-order valence-electron chi connectivity index (χ1n) is 6.68. The molecule has 1 heterocycles. The molecule has 0 unspecified atom stereocenters. The summed E-state index contributed by atoms with van der Waals surface area (Å²) in [7, 11) is 0. The van der Waals surface area contributed by atoms with E-state index in [1.807, 2.05) is 31.2 Å². The van der Waals surface area contributed by atoms with E-state index in [-0.39, 0.29) is 6.61 Å². The molecule has 0 atom stereocenters. The average molecular weight is 273 g/mol. The minimum Gasteiger partial charge on any atom is -0.439 e. The number of nitrogens with zero attached hydrogens (tertiary/aromatic N) is 2. The molecule has 0 saturated carbocycles. The van der Waals surface area contributed by atoms with Gasteiger partial charge in [-0.05, 0) is 31.0 Å². The Balaban J connectivity index is 2.14. The molecule has 0 saturated heterocycles. The van der Waals surface area contributed by atoms with Gasteiger partial charge in [0, 0.05) is 18.3 Å². The number of benzene rings is 1. The van der Waals surface area contributed by atoms with E-state index < -0.39 is 0 Å². The summed E-state index contributed by atoms with van der Waals surface area (Å²) in [6.07, 6.45) is 2.75. The zero-order chi connectivity index (χ0) is 14.4. The van der Waals surface area contributed by atoms with Gasteiger partial charge in [0.05, 0.1) is 6.61 Å². The molecule has 5 nitrogen and oxygen atoms in total. The Labute approximate surface area is 118 Å². The minimum atomic E-state index is 0.0257. The number of nitrogens with one attached hydrogen (secondary N) is 1. The lowest BCUT2D eigenvalue weighted by Crippen LogP contribution is -2.05. The van der Waals surface area contributed by atoms with Gasteiger partial charge in [0.1, 0.15) is 5.75 Å². The van der Waals surface area contributed by atoms with E-state index in [4.69, 9.17) is 9.84 Å². The van der Waals surface area contributed by atoms with Crippen LogP contribution in [0.1, 0.15) is 24.5 Å². The molecule has 0 radical (unpaired) electrons. The van der Waals surface area contributed by atoms with Crippen LogP contribution in [0, 0.1) is 6.92 Å². The molecular weight excluding hydrogens is 254 g/mol. The number of anilines is 1. The molecule has 1 aromatic heterocycles. The van der Waals surface area contributed by atoms with Crippen LogP contribution < -0.4 is 10.1 Å². The van der Waals surface area contributed by atoms with Gasteiger partial charge in [0.15, 0.2) is 0 Å². The Morgan fingerprint density at radius 3 is 2.65 bits per heavy atom. The number of aliphatic hydroxyl groups excluding tert-OH is 1. The number of aromatic nitrogens is 2. The topological polar surface area (TPSA) is 67.3 Å². The van der Waals surface area contributed by atoms with Crippen molar-refractivity contribution in [3.8, 4) is 11.6 Å². The number of rotatable bonds is 6. The predicted molar refractivity (Wildman–Crippen MR) is 78.0 cm³/mol. The molecule has 2 rings (SSSR count). The van der Waals surface area contributed by atoms with Crippen molar-refractivity contribution >= 4 is 5.95 Å². The zero-order valence-electron chi connectivity index (χ0n) is 11.8. The van der Waals surface area contributed by atoms with Gasteiger partial charge in [0.2, 0.25) is 11.8 Å². The Hall–Kier alpha value is -2.14. The summed E-state index contributed by atoms with van der Waals surface area (Å²) in [5.41, 5.74) is 1.72. The zero-order valence-corrected chi connectivity index (χ0v) is 11.8. The van der Waals surface area contributed by atoms with Crippen LogP contribution in [0.15, 0.2) is 30.5 Å². The summed E-state index contributed by atoms with van der Waals surface area (Å²) >= 11 is 0. The van der Waals surface area contributed by atoms with E-state index in [1.54, 1.807) is 6.20 Å². The first kappa shape index (κ1) is 14.3. The number of aliphatic hydroxyl groups is 1. The Kier molecular flexibility index (Phi) is 4.90. The smallest absolute Gasteiger partial charge is 0.226 e. The number of hydrogen-bond donors (Lipinski definition) is 2. The number of aryl methyl sites for hydroxylation is 1. The third-order valence-electron chi connectivity index (χ3n) is 2.78. The van der Waals surface area contributed by atoms with Crippen molar-refractivity contribution in [2.24, 2.45) is 0 Å². The maximum Gasteiger partial charge on any atom is 0.226 e. The van der Waals surface area contributed by atoms with Crippen LogP contribution in [0.3, 0.4) is 0 Å². The Morgan fingerprint density at radius 1 is 1.25 bits per heavy atom. The normalized spacial score (nSPS) is 10.3. The highest BCUT2D eigenvalue weighted by atomic mass is 16.5. The second-order valence-electron chi connectivity index (χ2n) is 4.51. The molecule has 0 amide bonds. The molecule has 1 aromatic carbocycles. The highest BCUT2D eigenvalue weighted by Gasteiger charge is 2.06. The lowest BCUT2D eigenvalue weighted by atomic mass is 10.2. The first-order valence-corrected chi connectivity index (χ1v) is 6.68. The fraction of sp³-hybridized carbons (Fsp3) is 0.333. The largest absolute Gasteiger partial charge is 0.439 e. The van der Waals surface area contributed by atoms with Crippen molar-refractivity contribution in [2.75, 3.05) is 11.9 Å². The molecule has 0 bridgehead atoms. The molecule has 0 aliphatic rings. The Bertz CT molecular complexity index is 556. The molecule has 0 spiro atoms. The molecule has 20 heavy (non-hydrogen) atoms. The van der Waals surface area contributed by atoms with Crippen LogP contribution in [0.5, 0.6) is 11.6 Å². The summed E-state index contributed by atoms with van der Waals surface area (Å²) in [6.45, 7) is 4.84. The highest BCUT2D eigenvalue weighted by Crippen LogP contribution is 2.23.